The normalized spacial score (nSPS) is 51.2. The summed E-state index contributed by atoms with van der Waals surface area (Å²) < 4.78 is 23.2. The fourth-order valence-electron chi connectivity index (χ4n) is 6.41. The third kappa shape index (κ3) is 6.48. The van der Waals surface area contributed by atoms with Crippen molar-refractivity contribution < 1.29 is 59.5 Å². The van der Waals surface area contributed by atoms with Gasteiger partial charge in [0.15, 0.2) is 12.6 Å². The highest BCUT2D eigenvalue weighted by Crippen LogP contribution is 2.37. The molecule has 0 spiro atoms. The quantitative estimate of drug-likeness (QED) is 0.111. The highest BCUT2D eigenvalue weighted by molar-refractivity contribution is 5.86. The van der Waals surface area contributed by atoms with Crippen molar-refractivity contribution in [2.24, 2.45) is 23.1 Å². The summed E-state index contributed by atoms with van der Waals surface area (Å²) >= 11 is 0. The fraction of sp³-hybridized carbons (Fsp3) is 0.962. The minimum atomic E-state index is -1.66. The van der Waals surface area contributed by atoms with Gasteiger partial charge in [0.2, 0.25) is 0 Å². The van der Waals surface area contributed by atoms with E-state index in [1.165, 1.54) is 0 Å². The standard InChI is InChI=1S/C26H46N4O12/c27-10-6-26(38,7-10)25(37)30-12-5-11(28)16(32)22(17(12)33)42-24-20(36)21(14(8-31)40-24)41-23-15(29)19(35)18(34)13(39-23)4-3-9-1-2-9/h9-24,31-36,38H,1-8,27-29H2,(H,30,37). The van der Waals surface area contributed by atoms with E-state index >= 15 is 0 Å². The Balaban J connectivity index is 1.22. The van der Waals surface area contributed by atoms with Crippen LogP contribution in [0.1, 0.15) is 44.9 Å². The van der Waals surface area contributed by atoms with Crippen molar-refractivity contribution in [3.05, 3.63) is 0 Å². The summed E-state index contributed by atoms with van der Waals surface area (Å²) in [4.78, 5) is 12.6. The predicted molar refractivity (Wildman–Crippen MR) is 141 cm³/mol. The van der Waals surface area contributed by atoms with Gasteiger partial charge in [0, 0.05) is 24.9 Å². The van der Waals surface area contributed by atoms with Gasteiger partial charge in [-0.15, -0.1) is 0 Å². The van der Waals surface area contributed by atoms with Gasteiger partial charge < -0.3 is 77.2 Å². The molecule has 2 heterocycles. The summed E-state index contributed by atoms with van der Waals surface area (Å²) in [5, 5.41) is 76.8. The van der Waals surface area contributed by atoms with Crippen molar-refractivity contribution in [2.45, 2.75) is 142 Å². The number of rotatable bonds is 10. The smallest absolute Gasteiger partial charge is 0.252 e. The minimum absolute atomic E-state index is 0.0257. The molecule has 2 saturated heterocycles. The second kappa shape index (κ2) is 12.7. The summed E-state index contributed by atoms with van der Waals surface area (Å²) in [5.41, 5.74) is 16.2. The number of hydrogen-bond donors (Lipinski definition) is 11. The van der Waals surface area contributed by atoms with Gasteiger partial charge in [-0.1, -0.05) is 12.8 Å². The summed E-state index contributed by atoms with van der Waals surface area (Å²) in [6.45, 7) is -0.617. The first kappa shape index (κ1) is 32.3. The first-order valence-electron chi connectivity index (χ1n) is 14.8. The van der Waals surface area contributed by atoms with Crippen LogP contribution < -0.4 is 22.5 Å². The molecule has 3 saturated carbocycles. The SMILES string of the molecule is NC1CC(O)(C(=O)NC2CC(N)C(O)C(OC3OC(CO)C(OC4OC(CCC5CC5)C(O)C(O)C4N)C3O)C2O)C1. The Hall–Kier alpha value is -1.09. The topological polar surface area (TPSA) is 286 Å². The second-order valence-electron chi connectivity index (χ2n) is 12.7. The highest BCUT2D eigenvalue weighted by atomic mass is 16.7. The van der Waals surface area contributed by atoms with Crippen molar-refractivity contribution in [3.8, 4) is 0 Å². The Kier molecular flexibility index (Phi) is 9.79. The van der Waals surface area contributed by atoms with Crippen molar-refractivity contribution in [2.75, 3.05) is 6.61 Å². The molecule has 242 valence electrons. The average Bonchev–Trinajstić information content (AvgIpc) is 3.72. The molecule has 5 fully saturated rings. The number of aliphatic hydroxyl groups is 7. The van der Waals surface area contributed by atoms with Crippen LogP contribution >= 0.6 is 0 Å². The summed E-state index contributed by atoms with van der Waals surface area (Å²) in [7, 11) is 0. The number of ether oxygens (including phenoxy) is 4. The Labute approximate surface area is 243 Å². The van der Waals surface area contributed by atoms with E-state index in [9.17, 15) is 40.5 Å². The van der Waals surface area contributed by atoms with Gasteiger partial charge in [0.25, 0.3) is 5.91 Å². The van der Waals surface area contributed by atoms with Crippen LogP contribution in [0.2, 0.25) is 0 Å². The van der Waals surface area contributed by atoms with Gasteiger partial charge in [-0.2, -0.15) is 0 Å². The van der Waals surface area contributed by atoms with Crippen molar-refractivity contribution in [3.63, 3.8) is 0 Å². The van der Waals surface area contributed by atoms with E-state index < -0.39 is 104 Å². The van der Waals surface area contributed by atoms with Crippen LogP contribution in [0.15, 0.2) is 0 Å². The molecule has 14 unspecified atom stereocenters. The lowest BCUT2D eigenvalue weighted by atomic mass is 9.75. The van der Waals surface area contributed by atoms with E-state index in [1.807, 2.05) is 0 Å². The van der Waals surface area contributed by atoms with Gasteiger partial charge in [0.1, 0.15) is 48.3 Å². The molecule has 42 heavy (non-hydrogen) atoms. The maximum Gasteiger partial charge on any atom is 0.252 e. The fourth-order valence-corrected chi connectivity index (χ4v) is 6.41. The number of carbonyl (C=O) groups excluding carboxylic acids is 1. The number of aliphatic hydroxyl groups excluding tert-OH is 6. The number of hydrogen-bond acceptors (Lipinski definition) is 15. The van der Waals surface area contributed by atoms with Crippen molar-refractivity contribution in [1.82, 2.24) is 5.32 Å². The third-order valence-corrected chi connectivity index (χ3v) is 9.35. The van der Waals surface area contributed by atoms with Gasteiger partial charge >= 0.3 is 0 Å². The van der Waals surface area contributed by atoms with Crippen LogP contribution in [0.25, 0.3) is 0 Å². The molecule has 14 atom stereocenters. The molecule has 0 radical (unpaired) electrons. The summed E-state index contributed by atoms with van der Waals surface area (Å²) in [6, 6.07) is -3.44. The molecule has 3 aliphatic carbocycles. The van der Waals surface area contributed by atoms with E-state index in [-0.39, 0.29) is 25.3 Å². The highest BCUT2D eigenvalue weighted by Gasteiger charge is 2.54. The number of nitrogens with two attached hydrogens (primary N) is 3. The Morgan fingerprint density at radius 2 is 1.48 bits per heavy atom. The molecular formula is C26H46N4O12. The molecule has 5 rings (SSSR count). The molecule has 16 nitrogen and oxygen atoms in total. The zero-order valence-electron chi connectivity index (χ0n) is 23.3. The van der Waals surface area contributed by atoms with E-state index in [2.05, 4.69) is 5.32 Å². The molecule has 0 aromatic carbocycles. The molecule has 14 N–H and O–H groups in total. The molecule has 0 aromatic rings. The average molecular weight is 607 g/mol. The van der Waals surface area contributed by atoms with Crippen LogP contribution in [0, 0.1) is 5.92 Å². The van der Waals surface area contributed by atoms with Crippen molar-refractivity contribution >= 4 is 5.91 Å². The maximum atomic E-state index is 12.6. The number of amides is 1. The number of carbonyl (C=O) groups is 1. The number of nitrogens with one attached hydrogen (secondary N) is 1. The third-order valence-electron chi connectivity index (χ3n) is 9.35. The van der Waals surface area contributed by atoms with E-state index in [0.29, 0.717) is 12.3 Å². The van der Waals surface area contributed by atoms with Crippen LogP contribution in [-0.2, 0) is 23.7 Å². The first-order valence-corrected chi connectivity index (χ1v) is 14.8. The summed E-state index contributed by atoms with van der Waals surface area (Å²) in [5.74, 6) is -0.171. The van der Waals surface area contributed by atoms with Crippen LogP contribution in [-0.4, -0.2) is 146 Å². The Morgan fingerprint density at radius 1 is 0.833 bits per heavy atom. The largest absolute Gasteiger partial charge is 0.394 e. The van der Waals surface area contributed by atoms with Gasteiger partial charge in [-0.25, -0.2) is 0 Å². The molecular weight excluding hydrogens is 560 g/mol. The zero-order chi connectivity index (χ0) is 30.5. The lowest BCUT2D eigenvalue weighted by Gasteiger charge is -2.45. The molecule has 16 heteroatoms. The molecule has 1 amide bonds. The molecule has 5 aliphatic rings. The predicted octanol–water partition coefficient (Wildman–Crippen LogP) is -5.41. The van der Waals surface area contributed by atoms with Crippen LogP contribution in [0.4, 0.5) is 0 Å². The second-order valence-corrected chi connectivity index (χ2v) is 12.7. The van der Waals surface area contributed by atoms with E-state index in [0.717, 1.165) is 19.3 Å². The monoisotopic (exact) mass is 606 g/mol. The van der Waals surface area contributed by atoms with Crippen LogP contribution in [0.5, 0.6) is 0 Å². The Bertz CT molecular complexity index is 941. The van der Waals surface area contributed by atoms with E-state index in [4.69, 9.17) is 36.1 Å². The zero-order valence-corrected chi connectivity index (χ0v) is 23.3. The van der Waals surface area contributed by atoms with Gasteiger partial charge in [-0.05, 0) is 25.2 Å². The molecule has 0 bridgehead atoms. The lowest BCUT2D eigenvalue weighted by Crippen LogP contribution is -2.68. The van der Waals surface area contributed by atoms with Gasteiger partial charge in [0.05, 0.1) is 30.9 Å². The lowest BCUT2D eigenvalue weighted by molar-refractivity contribution is -0.283. The molecule has 0 aromatic heterocycles. The van der Waals surface area contributed by atoms with Crippen LogP contribution in [0.3, 0.4) is 0 Å². The summed E-state index contributed by atoms with van der Waals surface area (Å²) in [6.07, 6.45) is -10.9. The Morgan fingerprint density at radius 3 is 2.10 bits per heavy atom. The molecule has 2 aliphatic heterocycles. The minimum Gasteiger partial charge on any atom is -0.394 e. The van der Waals surface area contributed by atoms with Crippen molar-refractivity contribution in [1.29, 1.82) is 0 Å². The maximum absolute atomic E-state index is 12.6. The first-order chi connectivity index (χ1) is 19.8. The van der Waals surface area contributed by atoms with Gasteiger partial charge in [-0.3, -0.25) is 4.79 Å². The van der Waals surface area contributed by atoms with E-state index in [1.54, 1.807) is 0 Å².